The highest BCUT2D eigenvalue weighted by atomic mass is 19.1. The van der Waals surface area contributed by atoms with Gasteiger partial charge in [0.15, 0.2) is 0 Å². The summed E-state index contributed by atoms with van der Waals surface area (Å²) in [4.78, 5) is 0. The number of hydrogen-bond donors (Lipinski definition) is 1. The normalized spacial score (nSPS) is 40.0. The van der Waals surface area contributed by atoms with Crippen LogP contribution in [0.1, 0.15) is 50.6 Å². The van der Waals surface area contributed by atoms with Gasteiger partial charge in [0.05, 0.1) is 0 Å². The first-order valence-electron chi connectivity index (χ1n) is 8.20. The van der Waals surface area contributed by atoms with E-state index in [4.69, 9.17) is 0 Å². The van der Waals surface area contributed by atoms with E-state index in [0.717, 1.165) is 29.2 Å². The zero-order valence-corrected chi connectivity index (χ0v) is 12.2. The second-order valence-electron chi connectivity index (χ2n) is 7.40. The largest absolute Gasteiger partial charge is 0.307 e. The van der Waals surface area contributed by atoms with Gasteiger partial charge in [-0.15, -0.1) is 0 Å². The zero-order valence-electron chi connectivity index (χ0n) is 12.2. The molecular weight excluding hydrogens is 249 g/mol. The number of nitrogens with one attached hydrogen (secondary N) is 1. The van der Waals surface area contributed by atoms with Gasteiger partial charge in [0.1, 0.15) is 5.82 Å². The van der Waals surface area contributed by atoms with Crippen LogP contribution in [0.25, 0.3) is 0 Å². The second-order valence-corrected chi connectivity index (χ2v) is 7.40. The van der Waals surface area contributed by atoms with E-state index in [1.165, 1.54) is 38.2 Å². The van der Waals surface area contributed by atoms with E-state index in [1.807, 2.05) is 12.1 Å². The third-order valence-electron chi connectivity index (χ3n) is 6.02. The van der Waals surface area contributed by atoms with E-state index >= 15 is 0 Å². The number of hydrogen-bond acceptors (Lipinski definition) is 1. The van der Waals surface area contributed by atoms with Gasteiger partial charge in [0, 0.05) is 12.1 Å². The maximum absolute atomic E-state index is 13.4. The number of halogens is 1. The van der Waals surface area contributed by atoms with Crippen molar-refractivity contribution in [2.45, 2.75) is 51.1 Å². The van der Waals surface area contributed by atoms with Gasteiger partial charge in [0.25, 0.3) is 0 Å². The van der Waals surface area contributed by atoms with E-state index in [-0.39, 0.29) is 11.9 Å². The van der Waals surface area contributed by atoms with Crippen LogP contribution in [0.5, 0.6) is 0 Å². The average molecular weight is 273 g/mol. The Morgan fingerprint density at radius 2 is 1.70 bits per heavy atom. The van der Waals surface area contributed by atoms with Crippen molar-refractivity contribution < 1.29 is 4.39 Å². The monoisotopic (exact) mass is 273 g/mol. The Bertz CT molecular complexity index is 470. The Labute approximate surface area is 121 Å². The fraction of sp³-hybridized carbons (Fsp3) is 0.667. The van der Waals surface area contributed by atoms with Gasteiger partial charge in [-0.2, -0.15) is 0 Å². The molecule has 4 aliphatic rings. The first-order chi connectivity index (χ1) is 9.69. The highest BCUT2D eigenvalue weighted by molar-refractivity contribution is 5.20. The Kier molecular flexibility index (Phi) is 3.10. The van der Waals surface area contributed by atoms with E-state index in [1.54, 1.807) is 6.07 Å². The predicted molar refractivity (Wildman–Crippen MR) is 78.8 cm³/mol. The number of benzene rings is 1. The lowest BCUT2D eigenvalue weighted by Crippen LogP contribution is -2.54. The maximum atomic E-state index is 13.4. The van der Waals surface area contributed by atoms with Crippen LogP contribution in [0.2, 0.25) is 0 Å². The Morgan fingerprint density at radius 3 is 2.30 bits per heavy atom. The van der Waals surface area contributed by atoms with Crippen LogP contribution in [0.3, 0.4) is 0 Å². The van der Waals surface area contributed by atoms with Gasteiger partial charge >= 0.3 is 0 Å². The Balaban J connectivity index is 1.49. The van der Waals surface area contributed by atoms with Crippen molar-refractivity contribution in [1.82, 2.24) is 5.32 Å². The third kappa shape index (κ3) is 2.18. The fourth-order valence-corrected chi connectivity index (χ4v) is 5.36. The molecule has 5 rings (SSSR count). The molecule has 20 heavy (non-hydrogen) atoms. The van der Waals surface area contributed by atoms with Crippen LogP contribution in [0.4, 0.5) is 4.39 Å². The van der Waals surface area contributed by atoms with Crippen molar-refractivity contribution >= 4 is 0 Å². The molecule has 0 amide bonds. The molecule has 1 nitrogen and oxygen atoms in total. The summed E-state index contributed by atoms with van der Waals surface area (Å²) in [6.07, 6.45) is 7.22. The van der Waals surface area contributed by atoms with E-state index in [9.17, 15) is 4.39 Å². The van der Waals surface area contributed by atoms with Gasteiger partial charge in [-0.1, -0.05) is 12.1 Å². The first kappa shape index (κ1) is 12.8. The molecule has 108 valence electrons. The minimum absolute atomic E-state index is 0.124. The zero-order chi connectivity index (χ0) is 13.7. The molecule has 1 atom stereocenters. The van der Waals surface area contributed by atoms with Crippen LogP contribution < -0.4 is 5.32 Å². The summed E-state index contributed by atoms with van der Waals surface area (Å²) in [6, 6.07) is 7.98. The van der Waals surface area contributed by atoms with Gasteiger partial charge in [-0.25, -0.2) is 4.39 Å². The van der Waals surface area contributed by atoms with Crippen LogP contribution in [-0.2, 0) is 0 Å². The molecule has 4 fully saturated rings. The van der Waals surface area contributed by atoms with Crippen molar-refractivity contribution in [2.24, 2.45) is 23.7 Å². The Morgan fingerprint density at radius 1 is 1.05 bits per heavy atom. The predicted octanol–water partition coefficient (Wildman–Crippen LogP) is 4.30. The molecule has 2 heteroatoms. The lowest BCUT2D eigenvalue weighted by Gasteiger charge is -2.55. The standard InChI is InChI=1S/C18H24FN/c1-11(14-3-2-4-17(19)10-14)20-18-15-6-12-5-13(8-15)9-16(18)7-12/h2-4,10-13,15-16,18,20H,5-9H2,1H3. The van der Waals surface area contributed by atoms with Gasteiger partial charge < -0.3 is 5.32 Å². The highest BCUT2D eigenvalue weighted by Crippen LogP contribution is 2.54. The van der Waals surface area contributed by atoms with Gasteiger partial charge in [0.2, 0.25) is 0 Å². The molecule has 1 N–H and O–H groups in total. The molecule has 0 spiro atoms. The van der Waals surface area contributed by atoms with Crippen LogP contribution in [0, 0.1) is 29.5 Å². The van der Waals surface area contributed by atoms with E-state index in [2.05, 4.69) is 12.2 Å². The molecule has 1 aromatic carbocycles. The van der Waals surface area contributed by atoms with E-state index < -0.39 is 0 Å². The van der Waals surface area contributed by atoms with Crippen LogP contribution in [-0.4, -0.2) is 6.04 Å². The molecule has 0 aromatic heterocycles. The molecule has 0 heterocycles. The molecule has 0 radical (unpaired) electrons. The molecule has 4 saturated carbocycles. The summed E-state index contributed by atoms with van der Waals surface area (Å²) in [5, 5.41) is 3.84. The van der Waals surface area contributed by atoms with Crippen LogP contribution >= 0.6 is 0 Å². The third-order valence-corrected chi connectivity index (χ3v) is 6.02. The highest BCUT2D eigenvalue weighted by Gasteiger charge is 2.48. The van der Waals surface area contributed by atoms with Crippen molar-refractivity contribution in [2.75, 3.05) is 0 Å². The van der Waals surface area contributed by atoms with Crippen molar-refractivity contribution in [3.8, 4) is 0 Å². The van der Waals surface area contributed by atoms with Crippen molar-refractivity contribution in [3.05, 3.63) is 35.6 Å². The maximum Gasteiger partial charge on any atom is 0.123 e. The minimum Gasteiger partial charge on any atom is -0.307 e. The topological polar surface area (TPSA) is 12.0 Å². The lowest BCUT2D eigenvalue weighted by molar-refractivity contribution is -0.0171. The molecule has 4 bridgehead atoms. The molecule has 4 aliphatic carbocycles. The summed E-state index contributed by atoms with van der Waals surface area (Å²) >= 11 is 0. The summed E-state index contributed by atoms with van der Waals surface area (Å²) < 4.78 is 13.4. The van der Waals surface area contributed by atoms with Gasteiger partial charge in [-0.3, -0.25) is 0 Å². The SMILES string of the molecule is CC(NC1C2CC3CC(C2)CC1C3)c1cccc(F)c1. The van der Waals surface area contributed by atoms with Crippen LogP contribution in [0.15, 0.2) is 24.3 Å². The smallest absolute Gasteiger partial charge is 0.123 e. The molecule has 0 aliphatic heterocycles. The summed E-state index contributed by atoms with van der Waals surface area (Å²) in [6.45, 7) is 2.18. The second kappa shape index (κ2) is 4.84. The Hall–Kier alpha value is -0.890. The summed E-state index contributed by atoms with van der Waals surface area (Å²) in [5.41, 5.74) is 1.08. The van der Waals surface area contributed by atoms with Gasteiger partial charge in [-0.05, 0) is 80.4 Å². The first-order valence-corrected chi connectivity index (χ1v) is 8.20. The quantitative estimate of drug-likeness (QED) is 0.865. The fourth-order valence-electron chi connectivity index (χ4n) is 5.36. The molecular formula is C18H24FN. The van der Waals surface area contributed by atoms with E-state index in [0.29, 0.717) is 6.04 Å². The van der Waals surface area contributed by atoms with Crippen molar-refractivity contribution in [3.63, 3.8) is 0 Å². The van der Waals surface area contributed by atoms with Crippen molar-refractivity contribution in [1.29, 1.82) is 0 Å². The summed E-state index contributed by atoms with van der Waals surface area (Å²) in [7, 11) is 0. The number of rotatable bonds is 3. The molecule has 1 aromatic rings. The summed E-state index contributed by atoms with van der Waals surface area (Å²) in [5.74, 6) is 3.66. The average Bonchev–Trinajstić information content (AvgIpc) is 2.42. The molecule has 1 unspecified atom stereocenters. The lowest BCUT2D eigenvalue weighted by atomic mass is 9.54. The molecule has 0 saturated heterocycles. The minimum atomic E-state index is -0.124.